The van der Waals surface area contributed by atoms with Gasteiger partial charge < -0.3 is 15.0 Å². The van der Waals surface area contributed by atoms with Crippen LogP contribution in [0.2, 0.25) is 0 Å². The van der Waals surface area contributed by atoms with Crippen LogP contribution < -0.4 is 15.9 Å². The number of fused-ring (bicyclic) bond motifs is 2. The van der Waals surface area contributed by atoms with E-state index < -0.39 is 0 Å². The van der Waals surface area contributed by atoms with Crippen molar-refractivity contribution >= 4 is 29.0 Å². The summed E-state index contributed by atoms with van der Waals surface area (Å²) in [4.78, 5) is 21.4. The largest absolute Gasteiger partial charge is 0.372 e. The molecule has 1 N–H and O–H groups in total. The first-order chi connectivity index (χ1) is 13.5. The second-order valence-corrected chi connectivity index (χ2v) is 8.56. The highest BCUT2D eigenvalue weighted by molar-refractivity contribution is 7.99. The number of aromatic nitrogens is 2. The Morgan fingerprint density at radius 1 is 1.29 bits per heavy atom. The van der Waals surface area contributed by atoms with E-state index in [1.807, 2.05) is 6.20 Å². The van der Waals surface area contributed by atoms with Crippen molar-refractivity contribution in [3.8, 4) is 0 Å². The Labute approximate surface area is 170 Å². The lowest BCUT2D eigenvalue weighted by Gasteiger charge is -2.26. The molecule has 0 radical (unpaired) electrons. The summed E-state index contributed by atoms with van der Waals surface area (Å²) in [7, 11) is 0. The maximum absolute atomic E-state index is 12.7. The number of ether oxygens (including phenoxy) is 1. The zero-order valence-corrected chi connectivity index (χ0v) is 17.8. The van der Waals surface area contributed by atoms with E-state index in [4.69, 9.17) is 4.74 Å². The van der Waals surface area contributed by atoms with Crippen LogP contribution in [0.5, 0.6) is 0 Å². The van der Waals surface area contributed by atoms with E-state index in [1.165, 1.54) is 5.69 Å². The zero-order chi connectivity index (χ0) is 19.8. The molecule has 6 nitrogen and oxygen atoms in total. The molecule has 1 saturated heterocycles. The van der Waals surface area contributed by atoms with Gasteiger partial charge in [0.25, 0.3) is 0 Å². The minimum atomic E-state index is -0.260. The lowest BCUT2D eigenvalue weighted by molar-refractivity contribution is -0.00783. The lowest BCUT2D eigenvalue weighted by Crippen LogP contribution is -2.28. The number of nitrogens with one attached hydrogen (secondary N) is 1. The molecule has 3 atom stereocenters. The van der Waals surface area contributed by atoms with Gasteiger partial charge in [-0.3, -0.25) is 4.57 Å². The fourth-order valence-corrected chi connectivity index (χ4v) is 5.05. The standard InChI is InChI=1S/C21H28N4O2S/c1-5-16-13(4)10-19(27-16)25-12-18-20(23-21(25)26)22-15-11-14(24(6-2)7-3)8-9-17(15)28-18/h8-9,11-13,16,19H,5-7,10H2,1-4H3,(H,22,23,26)/t13-,16-,19-/m1/s1. The van der Waals surface area contributed by atoms with Crippen LogP contribution in [-0.2, 0) is 4.74 Å². The predicted octanol–water partition coefficient (Wildman–Crippen LogP) is 4.63. The van der Waals surface area contributed by atoms with Gasteiger partial charge >= 0.3 is 5.69 Å². The first-order valence-electron chi connectivity index (χ1n) is 10.2. The normalized spacial score (nSPS) is 23.1. The van der Waals surface area contributed by atoms with Gasteiger partial charge in [0.2, 0.25) is 0 Å². The van der Waals surface area contributed by atoms with Gasteiger partial charge in [-0.1, -0.05) is 25.6 Å². The molecule has 0 spiro atoms. The molecule has 1 aromatic heterocycles. The van der Waals surface area contributed by atoms with Gasteiger partial charge in [0.15, 0.2) is 5.82 Å². The third-order valence-corrected chi connectivity index (χ3v) is 6.83. The molecule has 0 unspecified atom stereocenters. The van der Waals surface area contributed by atoms with E-state index in [9.17, 15) is 4.79 Å². The van der Waals surface area contributed by atoms with Gasteiger partial charge in [0, 0.05) is 29.9 Å². The molecule has 2 aliphatic heterocycles. The molecule has 2 aromatic rings. The Morgan fingerprint density at radius 2 is 2.07 bits per heavy atom. The Balaban J connectivity index is 1.63. The monoisotopic (exact) mass is 400 g/mol. The average Bonchev–Trinajstić information content (AvgIpc) is 3.07. The number of benzene rings is 1. The fraction of sp³-hybridized carbons (Fsp3) is 0.524. The van der Waals surface area contributed by atoms with Crippen molar-refractivity contribution in [2.45, 2.75) is 62.7 Å². The Hall–Kier alpha value is -1.99. The molecular weight excluding hydrogens is 372 g/mol. The van der Waals surface area contributed by atoms with Gasteiger partial charge in [-0.2, -0.15) is 4.98 Å². The van der Waals surface area contributed by atoms with Gasteiger partial charge in [-0.05, 0) is 50.8 Å². The molecule has 1 aromatic carbocycles. The third kappa shape index (κ3) is 3.42. The summed E-state index contributed by atoms with van der Waals surface area (Å²) < 4.78 is 7.77. The number of nitrogens with zero attached hydrogens (tertiary/aromatic N) is 3. The molecular formula is C21H28N4O2S. The van der Waals surface area contributed by atoms with Crippen LogP contribution in [0.4, 0.5) is 17.2 Å². The highest BCUT2D eigenvalue weighted by atomic mass is 32.2. The number of hydrogen-bond donors (Lipinski definition) is 1. The van der Waals surface area contributed by atoms with Crippen LogP contribution in [0.15, 0.2) is 39.0 Å². The highest BCUT2D eigenvalue weighted by Gasteiger charge is 2.33. The first-order valence-corrected chi connectivity index (χ1v) is 11.0. The van der Waals surface area contributed by atoms with Crippen molar-refractivity contribution in [3.05, 3.63) is 34.9 Å². The van der Waals surface area contributed by atoms with Crippen LogP contribution >= 0.6 is 11.8 Å². The average molecular weight is 401 g/mol. The van der Waals surface area contributed by atoms with E-state index in [2.05, 4.69) is 61.1 Å². The summed E-state index contributed by atoms with van der Waals surface area (Å²) >= 11 is 1.65. The topological polar surface area (TPSA) is 59.4 Å². The maximum atomic E-state index is 12.7. The van der Waals surface area contributed by atoms with Crippen molar-refractivity contribution in [1.29, 1.82) is 0 Å². The first kappa shape index (κ1) is 19.3. The molecule has 150 valence electrons. The van der Waals surface area contributed by atoms with E-state index in [0.29, 0.717) is 11.7 Å². The summed E-state index contributed by atoms with van der Waals surface area (Å²) in [5, 5.41) is 3.36. The number of anilines is 3. The predicted molar refractivity (Wildman–Crippen MR) is 114 cm³/mol. The van der Waals surface area contributed by atoms with Crippen LogP contribution in [0.1, 0.15) is 46.8 Å². The van der Waals surface area contributed by atoms with Crippen LogP contribution in [0, 0.1) is 5.92 Å². The van der Waals surface area contributed by atoms with E-state index in [-0.39, 0.29) is 18.0 Å². The molecule has 7 heteroatoms. The van der Waals surface area contributed by atoms with Crippen LogP contribution in [0.25, 0.3) is 0 Å². The molecule has 4 rings (SSSR count). The van der Waals surface area contributed by atoms with E-state index in [0.717, 1.165) is 41.4 Å². The minimum Gasteiger partial charge on any atom is -0.372 e. The molecule has 3 heterocycles. The van der Waals surface area contributed by atoms with Gasteiger partial charge in [0.05, 0.1) is 16.7 Å². The van der Waals surface area contributed by atoms with Gasteiger partial charge in [-0.25, -0.2) is 4.79 Å². The van der Waals surface area contributed by atoms with E-state index >= 15 is 0 Å². The molecule has 28 heavy (non-hydrogen) atoms. The van der Waals surface area contributed by atoms with Crippen LogP contribution in [0.3, 0.4) is 0 Å². The highest BCUT2D eigenvalue weighted by Crippen LogP contribution is 2.44. The van der Waals surface area contributed by atoms with Crippen molar-refractivity contribution in [2.24, 2.45) is 5.92 Å². The van der Waals surface area contributed by atoms with Crippen molar-refractivity contribution in [1.82, 2.24) is 9.55 Å². The summed E-state index contributed by atoms with van der Waals surface area (Å²) in [6, 6.07) is 6.43. The minimum absolute atomic E-state index is 0.206. The Morgan fingerprint density at radius 3 is 2.75 bits per heavy atom. The third-order valence-electron chi connectivity index (χ3n) is 5.74. The maximum Gasteiger partial charge on any atom is 0.351 e. The molecule has 0 bridgehead atoms. The summed E-state index contributed by atoms with van der Waals surface area (Å²) in [6.45, 7) is 10.5. The quantitative estimate of drug-likeness (QED) is 0.674. The smallest absolute Gasteiger partial charge is 0.351 e. The SMILES string of the molecule is CC[C@H]1O[C@@H](n2cc3c(nc2=O)Nc2cc(N(CC)CC)ccc2S3)C[C@H]1C. The van der Waals surface area contributed by atoms with Crippen LogP contribution in [-0.4, -0.2) is 28.7 Å². The second-order valence-electron chi connectivity index (χ2n) is 7.47. The van der Waals surface area contributed by atoms with Gasteiger partial charge in [0.1, 0.15) is 6.23 Å². The van der Waals surface area contributed by atoms with Crippen molar-refractivity contribution in [2.75, 3.05) is 23.3 Å². The molecule has 1 fully saturated rings. The van der Waals surface area contributed by atoms with E-state index in [1.54, 1.807) is 16.3 Å². The molecule has 2 aliphatic rings. The number of hydrogen-bond acceptors (Lipinski definition) is 6. The lowest BCUT2D eigenvalue weighted by atomic mass is 10.0. The van der Waals surface area contributed by atoms with Gasteiger partial charge in [-0.15, -0.1) is 0 Å². The Bertz CT molecular complexity index is 925. The summed E-state index contributed by atoms with van der Waals surface area (Å²) in [5.41, 5.74) is 1.92. The Kier molecular flexibility index (Phi) is 5.38. The molecule has 0 saturated carbocycles. The number of rotatable bonds is 5. The fourth-order valence-electron chi connectivity index (χ4n) is 4.10. The van der Waals surface area contributed by atoms with Crippen molar-refractivity contribution < 1.29 is 4.74 Å². The second kappa shape index (κ2) is 7.79. The summed E-state index contributed by atoms with van der Waals surface area (Å²) in [6.07, 6.45) is 3.69. The molecule has 0 aliphatic carbocycles. The van der Waals surface area contributed by atoms with Crippen molar-refractivity contribution in [3.63, 3.8) is 0 Å². The zero-order valence-electron chi connectivity index (χ0n) is 16.9. The summed E-state index contributed by atoms with van der Waals surface area (Å²) in [5.74, 6) is 1.08. The molecule has 0 amide bonds.